The molecule has 0 unspecified atom stereocenters. The van der Waals surface area contributed by atoms with E-state index < -0.39 is 0 Å². The first-order valence-electron chi connectivity index (χ1n) is 34.3. The molecule has 4 nitrogen and oxygen atoms in total. The first kappa shape index (κ1) is 58.0. The van der Waals surface area contributed by atoms with Gasteiger partial charge in [-0.05, 0) is 179 Å². The van der Waals surface area contributed by atoms with Crippen molar-refractivity contribution in [1.29, 1.82) is 0 Å². The highest BCUT2D eigenvalue weighted by atomic mass is 16.3. The molecule has 0 bridgehead atoms. The van der Waals surface area contributed by atoms with Gasteiger partial charge in [0.05, 0.1) is 11.4 Å². The van der Waals surface area contributed by atoms with E-state index in [-0.39, 0.29) is 12.1 Å². The lowest BCUT2D eigenvalue weighted by molar-refractivity contribution is 0.590. The number of hydrogen-bond acceptors (Lipinski definition) is 4. The maximum absolute atomic E-state index is 6.66. The first-order chi connectivity index (χ1) is 48.7. The van der Waals surface area contributed by atoms with Crippen LogP contribution in [0, 0.1) is 0 Å². The van der Waals surface area contributed by atoms with Crippen molar-refractivity contribution in [3.05, 3.63) is 345 Å². The van der Waals surface area contributed by atoms with E-state index in [0.29, 0.717) is 0 Å². The second-order valence-corrected chi connectivity index (χ2v) is 27.5. The minimum absolute atomic E-state index is 0.237. The van der Waals surface area contributed by atoms with Crippen LogP contribution in [0.1, 0.15) is 26.3 Å². The van der Waals surface area contributed by atoms with Crippen LogP contribution >= 0.6 is 0 Å². The summed E-state index contributed by atoms with van der Waals surface area (Å²) in [4.78, 5) is 5.34. The molecule has 2 aromatic heterocycles. The Balaban J connectivity index is 0.951. The van der Waals surface area contributed by atoms with Gasteiger partial charge in [0.25, 0.3) is 6.71 Å². The molecule has 0 spiro atoms. The van der Waals surface area contributed by atoms with Crippen molar-refractivity contribution in [2.45, 2.75) is 26.2 Å². The number of furan rings is 2. The SMILES string of the molecule is CC(C)(C)c1cc2c3c(c1)N(c1c(-c4ccccc4)cc(-c4ccc5c(c4)oc4ccccc45)cc1-c1ccccc1)c1ccc(-c4ccccc4)cc1B3c1cc(-c3ccccc3)ccc1N2c1c(-c2ccccc2)cc(-c2ccc3c(c2)oc2ccccc23)cc1-c1ccccc1. The molecular formula is C94H65BN2O2. The van der Waals surface area contributed by atoms with E-state index in [1.807, 2.05) is 12.1 Å². The predicted molar refractivity (Wildman–Crippen MR) is 417 cm³/mol. The molecule has 17 aromatic rings. The van der Waals surface area contributed by atoms with E-state index in [1.54, 1.807) is 0 Å². The fraction of sp³-hybridized carbons (Fsp3) is 0.0426. The van der Waals surface area contributed by atoms with Gasteiger partial charge in [-0.3, -0.25) is 0 Å². The Hall–Kier alpha value is -12.4. The summed E-state index contributed by atoms with van der Waals surface area (Å²) in [7, 11) is 0. The summed E-state index contributed by atoms with van der Waals surface area (Å²) in [5, 5.41) is 4.43. The second kappa shape index (κ2) is 23.2. The number of benzene rings is 15. The van der Waals surface area contributed by atoms with Crippen LogP contribution in [-0.4, -0.2) is 6.71 Å². The highest BCUT2D eigenvalue weighted by Gasteiger charge is 2.46. The van der Waals surface area contributed by atoms with E-state index in [1.165, 1.54) is 22.0 Å². The number of rotatable bonds is 10. The van der Waals surface area contributed by atoms with E-state index >= 15 is 0 Å². The molecule has 5 heteroatoms. The van der Waals surface area contributed by atoms with Gasteiger partial charge in [-0.25, -0.2) is 0 Å². The fourth-order valence-corrected chi connectivity index (χ4v) is 15.8. The second-order valence-electron chi connectivity index (χ2n) is 27.5. The van der Waals surface area contributed by atoms with Gasteiger partial charge in [0, 0.05) is 66.5 Å². The van der Waals surface area contributed by atoms with E-state index in [9.17, 15) is 0 Å². The highest BCUT2D eigenvalue weighted by molar-refractivity contribution is 7.00. The maximum atomic E-state index is 6.66. The molecule has 2 aliphatic heterocycles. The van der Waals surface area contributed by atoms with Crippen molar-refractivity contribution >= 4 is 101 Å². The molecule has 0 saturated carbocycles. The van der Waals surface area contributed by atoms with Crippen LogP contribution in [0.25, 0.3) is 133 Å². The topological polar surface area (TPSA) is 32.8 Å². The van der Waals surface area contributed by atoms with Gasteiger partial charge in [0.15, 0.2) is 0 Å². The molecule has 466 valence electrons. The summed E-state index contributed by atoms with van der Waals surface area (Å²) in [5.41, 5.74) is 32.6. The van der Waals surface area contributed by atoms with Gasteiger partial charge >= 0.3 is 0 Å². The van der Waals surface area contributed by atoms with Crippen molar-refractivity contribution in [2.75, 3.05) is 9.80 Å². The summed E-state index contributed by atoms with van der Waals surface area (Å²) < 4.78 is 13.3. The smallest absolute Gasteiger partial charge is 0.252 e. The molecule has 99 heavy (non-hydrogen) atoms. The largest absolute Gasteiger partial charge is 0.456 e. The quantitative estimate of drug-likeness (QED) is 0.128. The average molecular weight is 1270 g/mol. The minimum atomic E-state index is -0.319. The zero-order valence-electron chi connectivity index (χ0n) is 55.1. The number of fused-ring (bicyclic) bond motifs is 10. The number of nitrogens with zero attached hydrogens (tertiary/aromatic N) is 2. The van der Waals surface area contributed by atoms with Gasteiger partial charge < -0.3 is 18.6 Å². The Morgan fingerprint density at radius 1 is 0.242 bits per heavy atom. The summed E-state index contributed by atoms with van der Waals surface area (Å²) in [6.07, 6.45) is 0. The Morgan fingerprint density at radius 2 is 0.545 bits per heavy atom. The molecule has 4 heterocycles. The van der Waals surface area contributed by atoms with Crippen LogP contribution in [0.2, 0.25) is 0 Å². The Kier molecular flexibility index (Phi) is 13.6. The zero-order chi connectivity index (χ0) is 65.9. The Bertz CT molecular complexity index is 5530. The molecule has 0 fully saturated rings. The molecule has 0 aliphatic carbocycles. The predicted octanol–water partition coefficient (Wildman–Crippen LogP) is 24.2. The number of para-hydroxylation sites is 2. The van der Waals surface area contributed by atoms with Crippen molar-refractivity contribution in [2.24, 2.45) is 0 Å². The average Bonchev–Trinajstić information content (AvgIpc) is 1.34. The molecule has 19 rings (SSSR count). The van der Waals surface area contributed by atoms with Crippen LogP contribution < -0.4 is 26.2 Å². The lowest BCUT2D eigenvalue weighted by Crippen LogP contribution is -2.61. The van der Waals surface area contributed by atoms with Crippen LogP contribution in [0.5, 0.6) is 0 Å². The number of anilines is 6. The lowest BCUT2D eigenvalue weighted by atomic mass is 9.33. The molecule has 0 amide bonds. The van der Waals surface area contributed by atoms with Crippen LogP contribution in [0.15, 0.2) is 349 Å². The summed E-state index contributed by atoms with van der Waals surface area (Å²) in [5.74, 6) is 0. The van der Waals surface area contributed by atoms with Crippen molar-refractivity contribution in [3.8, 4) is 89.0 Å². The maximum Gasteiger partial charge on any atom is 0.252 e. The van der Waals surface area contributed by atoms with E-state index in [0.717, 1.165) is 167 Å². The van der Waals surface area contributed by atoms with Gasteiger partial charge in [-0.2, -0.15) is 0 Å². The van der Waals surface area contributed by atoms with Gasteiger partial charge in [0.1, 0.15) is 22.3 Å². The normalized spacial score (nSPS) is 12.5. The molecular weight excluding hydrogens is 1200 g/mol. The monoisotopic (exact) mass is 1260 g/mol. The summed E-state index contributed by atoms with van der Waals surface area (Å²) >= 11 is 0. The Labute approximate surface area is 576 Å². The molecule has 15 aromatic carbocycles. The Morgan fingerprint density at radius 3 is 0.899 bits per heavy atom. The third-order valence-corrected chi connectivity index (χ3v) is 20.6. The fourth-order valence-electron chi connectivity index (χ4n) is 15.8. The third kappa shape index (κ3) is 9.75. The van der Waals surface area contributed by atoms with Crippen molar-refractivity contribution in [1.82, 2.24) is 0 Å². The van der Waals surface area contributed by atoms with Crippen molar-refractivity contribution in [3.63, 3.8) is 0 Å². The summed E-state index contributed by atoms with van der Waals surface area (Å²) in [6.45, 7) is 6.88. The molecule has 0 radical (unpaired) electrons. The molecule has 0 atom stereocenters. The lowest BCUT2D eigenvalue weighted by Gasteiger charge is -2.46. The number of hydrogen-bond donors (Lipinski definition) is 0. The van der Waals surface area contributed by atoms with Crippen LogP contribution in [0.3, 0.4) is 0 Å². The van der Waals surface area contributed by atoms with Crippen molar-refractivity contribution < 1.29 is 8.83 Å². The first-order valence-corrected chi connectivity index (χ1v) is 34.3. The van der Waals surface area contributed by atoms with Gasteiger partial charge in [-0.1, -0.05) is 276 Å². The minimum Gasteiger partial charge on any atom is -0.456 e. The summed E-state index contributed by atoms with van der Waals surface area (Å²) in [6, 6.07) is 126. The van der Waals surface area contributed by atoms with Crippen LogP contribution in [0.4, 0.5) is 34.1 Å². The van der Waals surface area contributed by atoms with Gasteiger partial charge in [0.2, 0.25) is 0 Å². The van der Waals surface area contributed by atoms with Crippen LogP contribution in [-0.2, 0) is 5.41 Å². The van der Waals surface area contributed by atoms with Gasteiger partial charge in [-0.15, -0.1) is 0 Å². The molecule has 2 aliphatic rings. The molecule has 0 saturated heterocycles. The standard InChI is InChI=1S/C94H65BN2O2/c1-94(2,3)72-58-85-91-86(59-72)97(93-79(64-34-18-8-19-35-64)52-71(53-80(93)65-36-20-9-21-37-65)69-43-47-76-74-39-23-25-41-88(74)99-90(76)57-69)84-49-45-67(61-28-12-5-13-29-61)55-82(84)95(91)81-54-66(60-26-10-4-11-27-60)44-48-83(81)96(85)92-77(62-30-14-6-15-31-62)50-70(51-78(92)63-32-16-7-17-33-63)68-42-46-75-73-38-22-24-40-87(73)98-89(75)56-68/h4-59H,1-3H3. The highest BCUT2D eigenvalue weighted by Crippen LogP contribution is 2.56. The van der Waals surface area contributed by atoms with E-state index in [4.69, 9.17) is 8.83 Å². The zero-order valence-corrected chi connectivity index (χ0v) is 55.1. The van der Waals surface area contributed by atoms with E-state index in [2.05, 4.69) is 358 Å². The third-order valence-electron chi connectivity index (χ3n) is 20.6. The molecule has 0 N–H and O–H groups in total.